The van der Waals surface area contributed by atoms with E-state index in [0.717, 1.165) is 0 Å². The molecular formula is C28H34N4O6. The van der Waals surface area contributed by atoms with Gasteiger partial charge in [0.05, 0.1) is 31.0 Å². The molecule has 202 valence electrons. The first-order valence-corrected chi connectivity index (χ1v) is 12.7. The molecule has 1 unspecified atom stereocenters. The molecule has 0 radical (unpaired) electrons. The molecule has 2 aliphatic heterocycles. The lowest BCUT2D eigenvalue weighted by atomic mass is 10.0. The molecule has 10 nitrogen and oxygen atoms in total. The highest BCUT2D eigenvalue weighted by Gasteiger charge is 2.49. The van der Waals surface area contributed by atoms with E-state index in [1.807, 2.05) is 13.8 Å². The Morgan fingerprint density at radius 3 is 2.34 bits per heavy atom. The van der Waals surface area contributed by atoms with Gasteiger partial charge in [-0.15, -0.1) is 0 Å². The van der Waals surface area contributed by atoms with Crippen molar-refractivity contribution in [3.63, 3.8) is 0 Å². The van der Waals surface area contributed by atoms with E-state index in [9.17, 15) is 19.2 Å². The number of methoxy groups -OCH3 is 2. The van der Waals surface area contributed by atoms with Crippen LogP contribution in [-0.2, 0) is 4.79 Å². The van der Waals surface area contributed by atoms with Crippen LogP contribution in [0.3, 0.4) is 0 Å². The van der Waals surface area contributed by atoms with Crippen molar-refractivity contribution in [2.45, 2.75) is 58.8 Å². The molecule has 0 bridgehead atoms. The average molecular weight is 523 g/mol. The van der Waals surface area contributed by atoms with Crippen molar-refractivity contribution < 1.29 is 28.7 Å². The third-order valence-corrected chi connectivity index (χ3v) is 6.69. The minimum absolute atomic E-state index is 0.0641. The third-order valence-electron chi connectivity index (χ3n) is 6.69. The number of amides is 5. The largest absolute Gasteiger partial charge is 0.493 e. The van der Waals surface area contributed by atoms with Crippen LogP contribution in [0.4, 0.5) is 10.5 Å². The number of anilines is 1. The van der Waals surface area contributed by atoms with E-state index < -0.39 is 12.2 Å². The number of nitrogens with zero attached hydrogens (tertiary/aromatic N) is 3. The first-order chi connectivity index (χ1) is 18.1. The molecule has 1 atom stereocenters. The van der Waals surface area contributed by atoms with Crippen molar-refractivity contribution in [2.75, 3.05) is 25.7 Å². The van der Waals surface area contributed by atoms with Gasteiger partial charge in [-0.1, -0.05) is 18.2 Å². The molecule has 1 N–H and O–H groups in total. The van der Waals surface area contributed by atoms with E-state index in [1.165, 1.54) is 19.1 Å². The van der Waals surface area contributed by atoms with Gasteiger partial charge in [0.25, 0.3) is 11.8 Å². The highest BCUT2D eigenvalue weighted by molar-refractivity contribution is 6.18. The minimum Gasteiger partial charge on any atom is -0.493 e. The van der Waals surface area contributed by atoms with E-state index in [0.29, 0.717) is 40.3 Å². The van der Waals surface area contributed by atoms with Gasteiger partial charge in [-0.3, -0.25) is 24.2 Å². The number of para-hydroxylation sites is 1. The molecular weight excluding hydrogens is 488 g/mol. The maximum Gasteiger partial charge on any atom is 0.324 e. The van der Waals surface area contributed by atoms with Crippen LogP contribution < -0.4 is 19.7 Å². The second kappa shape index (κ2) is 10.7. The van der Waals surface area contributed by atoms with Crippen LogP contribution in [0.2, 0.25) is 0 Å². The van der Waals surface area contributed by atoms with Gasteiger partial charge in [0.2, 0.25) is 5.91 Å². The van der Waals surface area contributed by atoms with Crippen molar-refractivity contribution >= 4 is 29.4 Å². The minimum atomic E-state index is -0.694. The molecule has 0 saturated heterocycles. The Balaban J connectivity index is 1.64. The Labute approximate surface area is 222 Å². The zero-order valence-electron chi connectivity index (χ0n) is 22.6. The van der Waals surface area contributed by atoms with Gasteiger partial charge >= 0.3 is 6.03 Å². The Bertz CT molecular complexity index is 1270. The summed E-state index contributed by atoms with van der Waals surface area (Å²) in [5.41, 5.74) is 1.90. The number of rotatable bonds is 8. The summed E-state index contributed by atoms with van der Waals surface area (Å²) in [4.78, 5) is 57.5. The fourth-order valence-electron chi connectivity index (χ4n) is 5.12. The number of ether oxygens (including phenoxy) is 2. The van der Waals surface area contributed by atoms with E-state index in [1.54, 1.807) is 60.0 Å². The first kappa shape index (κ1) is 27.0. The summed E-state index contributed by atoms with van der Waals surface area (Å²) < 4.78 is 11.0. The van der Waals surface area contributed by atoms with Gasteiger partial charge in [-0.25, -0.2) is 4.79 Å². The Morgan fingerprint density at radius 2 is 1.71 bits per heavy atom. The average Bonchev–Trinajstić information content (AvgIpc) is 3.17. The first-order valence-electron chi connectivity index (χ1n) is 12.7. The van der Waals surface area contributed by atoms with Crippen molar-refractivity contribution in [2.24, 2.45) is 0 Å². The van der Waals surface area contributed by atoms with Crippen LogP contribution in [0, 0.1) is 0 Å². The number of carbonyl (C=O) groups excluding carboxylic acids is 4. The van der Waals surface area contributed by atoms with Crippen LogP contribution in [0.25, 0.3) is 0 Å². The van der Waals surface area contributed by atoms with Crippen molar-refractivity contribution in [1.29, 1.82) is 0 Å². The number of imide groups is 1. The predicted octanol–water partition coefficient (Wildman–Crippen LogP) is 3.95. The lowest BCUT2D eigenvalue weighted by Crippen LogP contribution is -2.50. The normalized spacial score (nSPS) is 15.8. The third kappa shape index (κ3) is 4.55. The molecule has 0 aliphatic carbocycles. The highest BCUT2D eigenvalue weighted by atomic mass is 16.5. The molecule has 2 aromatic rings. The Kier molecular flexibility index (Phi) is 7.61. The lowest BCUT2D eigenvalue weighted by molar-refractivity contribution is -0.129. The summed E-state index contributed by atoms with van der Waals surface area (Å²) in [5.74, 6) is -0.117. The van der Waals surface area contributed by atoms with E-state index in [-0.39, 0.29) is 42.8 Å². The molecule has 2 aliphatic rings. The summed E-state index contributed by atoms with van der Waals surface area (Å²) in [6.45, 7) is 7.43. The van der Waals surface area contributed by atoms with E-state index in [2.05, 4.69) is 5.32 Å². The maximum absolute atomic E-state index is 13.8. The van der Waals surface area contributed by atoms with Crippen LogP contribution in [0.1, 0.15) is 73.0 Å². The van der Waals surface area contributed by atoms with Gasteiger partial charge in [0.15, 0.2) is 11.5 Å². The molecule has 0 fully saturated rings. The summed E-state index contributed by atoms with van der Waals surface area (Å²) in [6, 6.07) is 9.61. The topological polar surface area (TPSA) is 108 Å². The van der Waals surface area contributed by atoms with Gasteiger partial charge in [-0.2, -0.15) is 0 Å². The molecule has 10 heteroatoms. The number of carbonyl (C=O) groups is 4. The number of hydrogen-bond acceptors (Lipinski definition) is 6. The van der Waals surface area contributed by atoms with Gasteiger partial charge in [0, 0.05) is 30.6 Å². The number of hydrogen-bond donors (Lipinski definition) is 1. The molecule has 2 aromatic carbocycles. The SMILES string of the molecule is COc1ccc2c(c1OC)C(=O)N1c3ccccc3C(=O)N(CCCC(=O)N(C(=O)NC(C)C)C(C)C)C21. The molecule has 0 aromatic heterocycles. The molecule has 38 heavy (non-hydrogen) atoms. The molecule has 4 rings (SSSR count). The van der Waals surface area contributed by atoms with Gasteiger partial charge in [-0.05, 0) is 52.3 Å². The molecule has 0 saturated carbocycles. The standard InChI is InChI=1S/C28H34N4O6/c1-16(2)29-28(36)31(17(3)4)22(33)12-9-15-30-25-19-13-14-21(37-5)24(38-6)23(19)27(35)32(25)20-11-8-7-10-18(20)26(30)34/h7-8,10-11,13-14,16-17,25H,9,12,15H2,1-6H3,(H,29,36). The highest BCUT2D eigenvalue weighted by Crippen LogP contribution is 2.49. The molecule has 2 heterocycles. The summed E-state index contributed by atoms with van der Waals surface area (Å²) in [5, 5.41) is 2.76. The van der Waals surface area contributed by atoms with Crippen molar-refractivity contribution in [3.05, 3.63) is 53.1 Å². The van der Waals surface area contributed by atoms with Crippen LogP contribution in [-0.4, -0.2) is 66.4 Å². The van der Waals surface area contributed by atoms with Crippen LogP contribution in [0.15, 0.2) is 36.4 Å². The quantitative estimate of drug-likeness (QED) is 0.562. The summed E-state index contributed by atoms with van der Waals surface area (Å²) in [7, 11) is 2.97. The second-order valence-electron chi connectivity index (χ2n) is 9.90. The number of nitrogens with one attached hydrogen (secondary N) is 1. The van der Waals surface area contributed by atoms with Crippen LogP contribution in [0.5, 0.6) is 11.5 Å². The smallest absolute Gasteiger partial charge is 0.324 e. The lowest BCUT2D eigenvalue weighted by Gasteiger charge is -2.41. The molecule has 0 spiro atoms. The Hall–Kier alpha value is -4.08. The van der Waals surface area contributed by atoms with Crippen molar-refractivity contribution in [3.8, 4) is 11.5 Å². The zero-order chi connectivity index (χ0) is 27.7. The van der Waals surface area contributed by atoms with E-state index in [4.69, 9.17) is 9.47 Å². The second-order valence-corrected chi connectivity index (χ2v) is 9.90. The van der Waals surface area contributed by atoms with Gasteiger partial charge in [0.1, 0.15) is 6.17 Å². The number of benzene rings is 2. The monoisotopic (exact) mass is 522 g/mol. The summed E-state index contributed by atoms with van der Waals surface area (Å²) in [6.07, 6.45) is -0.319. The predicted molar refractivity (Wildman–Crippen MR) is 141 cm³/mol. The van der Waals surface area contributed by atoms with Gasteiger partial charge < -0.3 is 19.7 Å². The summed E-state index contributed by atoms with van der Waals surface area (Å²) >= 11 is 0. The molecule has 5 amide bonds. The number of urea groups is 1. The number of fused-ring (bicyclic) bond motifs is 5. The fourth-order valence-corrected chi connectivity index (χ4v) is 5.12. The van der Waals surface area contributed by atoms with Crippen molar-refractivity contribution in [1.82, 2.24) is 15.1 Å². The van der Waals surface area contributed by atoms with E-state index >= 15 is 0 Å². The van der Waals surface area contributed by atoms with Crippen LogP contribution >= 0.6 is 0 Å². The zero-order valence-corrected chi connectivity index (χ0v) is 22.6. The Morgan fingerprint density at radius 1 is 1.00 bits per heavy atom. The fraction of sp³-hybridized carbons (Fsp3) is 0.429. The maximum atomic E-state index is 13.8.